The van der Waals surface area contributed by atoms with Crippen LogP contribution < -0.4 is 0 Å². The molecule has 0 saturated carbocycles. The summed E-state index contributed by atoms with van der Waals surface area (Å²) in [6.45, 7) is 4.22. The van der Waals surface area contributed by atoms with Gasteiger partial charge in [0.05, 0.1) is 0 Å². The van der Waals surface area contributed by atoms with Gasteiger partial charge in [-0.3, -0.25) is 4.79 Å². The second-order valence-electron chi connectivity index (χ2n) is 5.22. The van der Waals surface area contributed by atoms with Crippen LogP contribution in [-0.4, -0.2) is 10.9 Å². The van der Waals surface area contributed by atoms with Gasteiger partial charge >= 0.3 is 0 Å². The predicted molar refractivity (Wildman–Crippen MR) is 72.1 cm³/mol. The number of allylic oxidation sites excluding steroid dienone is 2. The Kier molecular flexibility index (Phi) is 3.97. The molecule has 2 nitrogen and oxygen atoms in total. The van der Waals surface area contributed by atoms with E-state index >= 15 is 0 Å². The van der Waals surface area contributed by atoms with Crippen molar-refractivity contribution in [2.24, 2.45) is 5.92 Å². The van der Waals surface area contributed by atoms with Crippen molar-refractivity contribution in [3.05, 3.63) is 47.0 Å². The maximum absolute atomic E-state index is 12.3. The summed E-state index contributed by atoms with van der Waals surface area (Å²) >= 11 is 0. The summed E-state index contributed by atoms with van der Waals surface area (Å²) in [6.07, 6.45) is 1.67. The first kappa shape index (κ1) is 13.0. The highest BCUT2D eigenvalue weighted by Gasteiger charge is 2.28. The minimum Gasteiger partial charge on any atom is -0.381 e. The number of ketones is 1. The van der Waals surface area contributed by atoms with Gasteiger partial charge in [-0.2, -0.15) is 0 Å². The van der Waals surface area contributed by atoms with E-state index in [9.17, 15) is 9.90 Å². The number of hydrogen-bond donors (Lipinski definition) is 1. The van der Waals surface area contributed by atoms with Crippen molar-refractivity contribution in [2.75, 3.05) is 0 Å². The topological polar surface area (TPSA) is 37.3 Å². The number of hydrogen-bond acceptors (Lipinski definition) is 2. The largest absolute Gasteiger partial charge is 0.381 e. The zero-order chi connectivity index (χ0) is 13.1. The summed E-state index contributed by atoms with van der Waals surface area (Å²) < 4.78 is 0. The van der Waals surface area contributed by atoms with Gasteiger partial charge in [-0.05, 0) is 38.7 Å². The lowest BCUT2D eigenvalue weighted by Gasteiger charge is -2.25. The van der Waals surface area contributed by atoms with Gasteiger partial charge in [-0.15, -0.1) is 0 Å². The van der Waals surface area contributed by atoms with E-state index in [1.807, 2.05) is 18.2 Å². The monoisotopic (exact) mass is 244 g/mol. The fourth-order valence-corrected chi connectivity index (χ4v) is 2.52. The van der Waals surface area contributed by atoms with Crippen LogP contribution in [-0.2, 0) is 4.79 Å². The molecule has 0 radical (unpaired) electrons. The number of benzene rings is 1. The van der Waals surface area contributed by atoms with Gasteiger partial charge in [0.1, 0.15) is 6.10 Å². The quantitative estimate of drug-likeness (QED) is 0.827. The van der Waals surface area contributed by atoms with Crippen molar-refractivity contribution < 1.29 is 9.90 Å². The highest BCUT2D eigenvalue weighted by atomic mass is 16.3. The highest BCUT2D eigenvalue weighted by Crippen LogP contribution is 2.32. The van der Waals surface area contributed by atoms with Crippen LogP contribution in [0.2, 0.25) is 0 Å². The fraction of sp³-hybridized carbons (Fsp3) is 0.438. The number of aliphatic hydroxyl groups excluding tert-OH is 1. The standard InChI is InChI=1S/C16H20O2/c1-11-8-9-14(10-12(11)2)16(18)15(17)13-6-4-3-5-7-13/h3-7,14-15,17H,8-10H2,1-2H3/t14-,15-/m0/s1. The number of carbonyl (C=O) groups is 1. The van der Waals surface area contributed by atoms with E-state index in [-0.39, 0.29) is 11.7 Å². The number of aliphatic hydroxyl groups is 1. The third-order valence-corrected chi connectivity index (χ3v) is 3.94. The van der Waals surface area contributed by atoms with Gasteiger partial charge in [-0.1, -0.05) is 41.5 Å². The number of rotatable bonds is 3. The van der Waals surface area contributed by atoms with E-state index in [4.69, 9.17) is 0 Å². The summed E-state index contributed by atoms with van der Waals surface area (Å²) in [5, 5.41) is 10.1. The van der Waals surface area contributed by atoms with Crippen LogP contribution in [0.3, 0.4) is 0 Å². The maximum atomic E-state index is 12.3. The van der Waals surface area contributed by atoms with Crippen LogP contribution in [0.25, 0.3) is 0 Å². The van der Waals surface area contributed by atoms with E-state index in [0.717, 1.165) is 19.3 Å². The minimum absolute atomic E-state index is 0.0242. The maximum Gasteiger partial charge on any atom is 0.169 e. The molecular formula is C16H20O2. The Balaban J connectivity index is 2.09. The first-order chi connectivity index (χ1) is 8.59. The zero-order valence-corrected chi connectivity index (χ0v) is 11.0. The van der Waals surface area contributed by atoms with Crippen molar-refractivity contribution in [3.8, 4) is 0 Å². The Morgan fingerprint density at radius 3 is 2.50 bits per heavy atom. The van der Waals surface area contributed by atoms with Crippen molar-refractivity contribution >= 4 is 5.78 Å². The lowest BCUT2D eigenvalue weighted by atomic mass is 9.80. The Morgan fingerprint density at radius 2 is 1.89 bits per heavy atom. The van der Waals surface area contributed by atoms with E-state index in [1.165, 1.54) is 11.1 Å². The molecule has 96 valence electrons. The molecule has 2 heteroatoms. The molecule has 0 bridgehead atoms. The van der Waals surface area contributed by atoms with Gasteiger partial charge in [0.2, 0.25) is 0 Å². The predicted octanol–water partition coefficient (Wildman–Crippen LogP) is 3.43. The molecule has 0 fully saturated rings. The van der Waals surface area contributed by atoms with E-state index in [2.05, 4.69) is 13.8 Å². The molecule has 0 saturated heterocycles. The molecule has 2 rings (SSSR count). The van der Waals surface area contributed by atoms with E-state index < -0.39 is 6.10 Å². The normalized spacial score (nSPS) is 21.8. The summed E-state index contributed by atoms with van der Waals surface area (Å²) in [5.41, 5.74) is 3.40. The molecule has 0 spiro atoms. The highest BCUT2D eigenvalue weighted by molar-refractivity contribution is 5.86. The van der Waals surface area contributed by atoms with Crippen LogP contribution in [0, 0.1) is 5.92 Å². The smallest absolute Gasteiger partial charge is 0.169 e. The molecule has 1 aromatic rings. The molecule has 0 aromatic heterocycles. The first-order valence-electron chi connectivity index (χ1n) is 6.51. The average Bonchev–Trinajstić information content (AvgIpc) is 2.41. The van der Waals surface area contributed by atoms with Gasteiger partial charge in [0.25, 0.3) is 0 Å². The molecular weight excluding hydrogens is 224 g/mol. The molecule has 1 aliphatic rings. The lowest BCUT2D eigenvalue weighted by Crippen LogP contribution is -2.24. The molecule has 0 unspecified atom stereocenters. The molecule has 1 N–H and O–H groups in total. The van der Waals surface area contributed by atoms with Crippen molar-refractivity contribution in [2.45, 2.75) is 39.2 Å². The van der Waals surface area contributed by atoms with Crippen molar-refractivity contribution in [1.29, 1.82) is 0 Å². The SMILES string of the molecule is CC1=C(C)C[C@@H](C(=O)[C@@H](O)c2ccccc2)CC1. The number of carbonyl (C=O) groups excluding carboxylic acids is 1. The van der Waals surface area contributed by atoms with Crippen LogP contribution >= 0.6 is 0 Å². The molecule has 0 amide bonds. The van der Waals surface area contributed by atoms with Gasteiger partial charge in [0.15, 0.2) is 5.78 Å². The Hall–Kier alpha value is -1.41. The third-order valence-electron chi connectivity index (χ3n) is 3.94. The van der Waals surface area contributed by atoms with Crippen LogP contribution in [0.5, 0.6) is 0 Å². The summed E-state index contributed by atoms with van der Waals surface area (Å²) in [4.78, 5) is 12.3. The van der Waals surface area contributed by atoms with Crippen molar-refractivity contribution in [3.63, 3.8) is 0 Å². The van der Waals surface area contributed by atoms with Gasteiger partial charge < -0.3 is 5.11 Å². The van der Waals surface area contributed by atoms with E-state index in [1.54, 1.807) is 12.1 Å². The minimum atomic E-state index is -0.970. The third kappa shape index (κ3) is 2.70. The molecule has 0 heterocycles. The average molecular weight is 244 g/mol. The lowest BCUT2D eigenvalue weighted by molar-refractivity contribution is -0.131. The second-order valence-corrected chi connectivity index (χ2v) is 5.22. The molecule has 18 heavy (non-hydrogen) atoms. The molecule has 0 aliphatic heterocycles. The van der Waals surface area contributed by atoms with Gasteiger partial charge in [0, 0.05) is 5.92 Å². The molecule has 1 aliphatic carbocycles. The van der Waals surface area contributed by atoms with Crippen LogP contribution in [0.1, 0.15) is 44.8 Å². The van der Waals surface area contributed by atoms with Crippen LogP contribution in [0.15, 0.2) is 41.5 Å². The Labute approximate surface area is 108 Å². The zero-order valence-electron chi connectivity index (χ0n) is 11.0. The molecule has 2 atom stereocenters. The Bertz CT molecular complexity index is 459. The summed E-state index contributed by atoms with van der Waals surface area (Å²) in [7, 11) is 0. The van der Waals surface area contributed by atoms with Gasteiger partial charge in [-0.25, -0.2) is 0 Å². The Morgan fingerprint density at radius 1 is 1.22 bits per heavy atom. The molecule has 1 aromatic carbocycles. The van der Waals surface area contributed by atoms with Crippen LogP contribution in [0.4, 0.5) is 0 Å². The van der Waals surface area contributed by atoms with Crippen molar-refractivity contribution in [1.82, 2.24) is 0 Å². The fourth-order valence-electron chi connectivity index (χ4n) is 2.52. The van der Waals surface area contributed by atoms with E-state index in [0.29, 0.717) is 5.56 Å². The summed E-state index contributed by atoms with van der Waals surface area (Å²) in [6, 6.07) is 9.19. The first-order valence-corrected chi connectivity index (χ1v) is 6.51. The summed E-state index contributed by atoms with van der Waals surface area (Å²) in [5.74, 6) is -0.0584. The number of Topliss-reactive ketones (excluding diaryl/α,β-unsaturated/α-hetero) is 1. The second kappa shape index (κ2) is 5.49.